The van der Waals surface area contributed by atoms with E-state index in [0.29, 0.717) is 6.07 Å². The van der Waals surface area contributed by atoms with Gasteiger partial charge in [-0.2, -0.15) is 13.2 Å². The topological polar surface area (TPSA) is 46.2 Å². The van der Waals surface area contributed by atoms with E-state index in [4.69, 9.17) is 5.73 Å². The number of alkyl halides is 3. The number of hydrogen-bond acceptors (Lipinski definition) is 2. The summed E-state index contributed by atoms with van der Waals surface area (Å²) in [5.74, 6) is -1.03. The lowest BCUT2D eigenvalue weighted by atomic mass is 9.90. The molecule has 1 saturated carbocycles. The maximum Gasteiger partial charge on any atom is 0.416 e. The van der Waals surface area contributed by atoms with Gasteiger partial charge in [-0.05, 0) is 30.9 Å². The van der Waals surface area contributed by atoms with Crippen LogP contribution in [-0.4, -0.2) is 11.2 Å². The van der Waals surface area contributed by atoms with Crippen LogP contribution in [0.2, 0.25) is 0 Å². The summed E-state index contributed by atoms with van der Waals surface area (Å²) in [7, 11) is 0. The van der Waals surface area contributed by atoms with E-state index in [2.05, 4.69) is 0 Å². The molecule has 0 heterocycles. The third-order valence-corrected chi connectivity index (χ3v) is 3.94. The Morgan fingerprint density at radius 2 is 1.80 bits per heavy atom. The van der Waals surface area contributed by atoms with Crippen LogP contribution in [0, 0.1) is 11.7 Å². The van der Waals surface area contributed by atoms with Crippen LogP contribution < -0.4 is 5.73 Å². The lowest BCUT2D eigenvalue weighted by molar-refractivity contribution is -0.137. The second-order valence-electron chi connectivity index (χ2n) is 5.29. The molecule has 2 atom stereocenters. The summed E-state index contributed by atoms with van der Waals surface area (Å²) < 4.78 is 51.2. The van der Waals surface area contributed by atoms with Crippen LogP contribution in [0.1, 0.15) is 42.9 Å². The molecule has 1 aliphatic carbocycles. The fraction of sp³-hybridized carbons (Fsp3) is 0.571. The molecule has 20 heavy (non-hydrogen) atoms. The van der Waals surface area contributed by atoms with Crippen molar-refractivity contribution in [2.24, 2.45) is 11.7 Å². The van der Waals surface area contributed by atoms with Crippen LogP contribution in [0.25, 0.3) is 0 Å². The first-order chi connectivity index (χ1) is 9.30. The molecule has 1 aliphatic rings. The summed E-state index contributed by atoms with van der Waals surface area (Å²) in [5, 5.41) is 10.1. The molecular weight excluding hydrogens is 274 g/mol. The van der Waals surface area contributed by atoms with E-state index >= 15 is 0 Å². The molecule has 0 aromatic heterocycles. The first-order valence-electron chi connectivity index (χ1n) is 6.61. The van der Waals surface area contributed by atoms with Gasteiger partial charge in [-0.25, -0.2) is 4.39 Å². The first-order valence-corrected chi connectivity index (χ1v) is 6.61. The average Bonchev–Trinajstić information content (AvgIpc) is 2.89. The van der Waals surface area contributed by atoms with Crippen molar-refractivity contribution in [1.29, 1.82) is 0 Å². The van der Waals surface area contributed by atoms with E-state index in [9.17, 15) is 22.7 Å². The molecule has 2 rings (SSSR count). The Kier molecular flexibility index (Phi) is 4.34. The van der Waals surface area contributed by atoms with Gasteiger partial charge in [0.05, 0.1) is 17.7 Å². The van der Waals surface area contributed by atoms with Crippen molar-refractivity contribution in [3.63, 3.8) is 0 Å². The third-order valence-electron chi connectivity index (χ3n) is 3.94. The lowest BCUT2D eigenvalue weighted by Gasteiger charge is -2.25. The van der Waals surface area contributed by atoms with Gasteiger partial charge in [-0.15, -0.1) is 0 Å². The van der Waals surface area contributed by atoms with E-state index in [1.807, 2.05) is 0 Å². The largest absolute Gasteiger partial charge is 0.416 e. The number of rotatable bonds is 3. The number of hydrogen-bond donors (Lipinski definition) is 2. The molecule has 0 amide bonds. The summed E-state index contributed by atoms with van der Waals surface area (Å²) in [6.07, 6.45) is -1.90. The number of benzene rings is 1. The standard InChI is InChI=1S/C14H17F4NO/c15-11-7-9(14(16,17)18)5-6-10(11)12(19)13(20)8-3-1-2-4-8/h5-8,12-13,20H,1-4,19H2/t12-,13+/m0/s1. The Bertz CT molecular complexity index is 469. The number of halogens is 4. The molecule has 6 heteroatoms. The molecule has 0 unspecified atom stereocenters. The van der Waals surface area contributed by atoms with Crippen molar-refractivity contribution >= 4 is 0 Å². The van der Waals surface area contributed by atoms with Crippen molar-refractivity contribution in [2.45, 2.75) is 44.0 Å². The molecule has 0 aliphatic heterocycles. The van der Waals surface area contributed by atoms with Crippen molar-refractivity contribution in [2.75, 3.05) is 0 Å². The molecule has 112 valence electrons. The Hall–Kier alpha value is -1.14. The van der Waals surface area contributed by atoms with Crippen molar-refractivity contribution in [3.8, 4) is 0 Å². The summed E-state index contributed by atoms with van der Waals surface area (Å²) in [6.45, 7) is 0. The average molecular weight is 291 g/mol. The summed E-state index contributed by atoms with van der Waals surface area (Å²) in [4.78, 5) is 0. The third kappa shape index (κ3) is 3.12. The highest BCUT2D eigenvalue weighted by Gasteiger charge is 2.33. The summed E-state index contributed by atoms with van der Waals surface area (Å²) >= 11 is 0. The Labute approximate surface area is 114 Å². The molecule has 0 spiro atoms. The van der Waals surface area contributed by atoms with Crippen molar-refractivity contribution < 1.29 is 22.7 Å². The normalized spacial score (nSPS) is 20.1. The summed E-state index contributed by atoms with van der Waals surface area (Å²) in [5.41, 5.74) is 4.68. The van der Waals surface area contributed by atoms with Gasteiger partial charge >= 0.3 is 6.18 Å². The number of nitrogens with two attached hydrogens (primary N) is 1. The van der Waals surface area contributed by atoms with Gasteiger partial charge in [0.15, 0.2) is 0 Å². The molecular formula is C14H17F4NO. The van der Waals surface area contributed by atoms with Gasteiger partial charge in [-0.1, -0.05) is 18.9 Å². The molecule has 1 fully saturated rings. The monoisotopic (exact) mass is 291 g/mol. The second kappa shape index (κ2) is 5.69. The van der Waals surface area contributed by atoms with Gasteiger partial charge in [0, 0.05) is 5.56 Å². The van der Waals surface area contributed by atoms with E-state index in [0.717, 1.165) is 37.8 Å². The van der Waals surface area contributed by atoms with E-state index in [1.165, 1.54) is 0 Å². The maximum absolute atomic E-state index is 13.8. The number of aliphatic hydroxyl groups excluding tert-OH is 1. The zero-order valence-electron chi connectivity index (χ0n) is 10.8. The molecule has 0 bridgehead atoms. The minimum absolute atomic E-state index is 0.00769. The van der Waals surface area contributed by atoms with Gasteiger partial charge in [0.2, 0.25) is 0 Å². The van der Waals surface area contributed by atoms with Crippen LogP contribution in [0.5, 0.6) is 0 Å². The van der Waals surface area contributed by atoms with Gasteiger partial charge < -0.3 is 10.8 Å². The number of aliphatic hydroxyl groups is 1. The molecule has 1 aromatic rings. The minimum atomic E-state index is -4.59. The van der Waals surface area contributed by atoms with Gasteiger partial charge in [0.1, 0.15) is 5.82 Å². The molecule has 0 radical (unpaired) electrons. The fourth-order valence-electron chi connectivity index (χ4n) is 2.75. The highest BCUT2D eigenvalue weighted by Crippen LogP contribution is 2.35. The molecule has 2 nitrogen and oxygen atoms in total. The highest BCUT2D eigenvalue weighted by molar-refractivity contribution is 5.29. The van der Waals surface area contributed by atoms with Gasteiger partial charge in [0.25, 0.3) is 0 Å². The van der Waals surface area contributed by atoms with Gasteiger partial charge in [-0.3, -0.25) is 0 Å². The van der Waals surface area contributed by atoms with Crippen molar-refractivity contribution in [1.82, 2.24) is 0 Å². The van der Waals surface area contributed by atoms with Crippen LogP contribution >= 0.6 is 0 Å². The molecule has 3 N–H and O–H groups in total. The second-order valence-corrected chi connectivity index (χ2v) is 5.29. The van der Waals surface area contributed by atoms with Crippen LogP contribution in [-0.2, 0) is 6.18 Å². The van der Waals surface area contributed by atoms with E-state index < -0.39 is 29.7 Å². The Morgan fingerprint density at radius 1 is 1.20 bits per heavy atom. The Morgan fingerprint density at radius 3 is 2.30 bits per heavy atom. The SMILES string of the molecule is N[C@@H](c1ccc(C(F)(F)F)cc1F)[C@H](O)C1CCCC1. The predicted molar refractivity (Wildman–Crippen MR) is 66.3 cm³/mol. The zero-order chi connectivity index (χ0) is 14.9. The first kappa shape index (κ1) is 15.3. The quantitative estimate of drug-likeness (QED) is 0.838. The Balaban J connectivity index is 2.19. The highest BCUT2D eigenvalue weighted by atomic mass is 19.4. The maximum atomic E-state index is 13.8. The predicted octanol–water partition coefficient (Wildman–Crippen LogP) is 3.40. The van der Waals surface area contributed by atoms with Crippen molar-refractivity contribution in [3.05, 3.63) is 35.1 Å². The lowest BCUT2D eigenvalue weighted by Crippen LogP contribution is -2.32. The van der Waals surface area contributed by atoms with Crippen LogP contribution in [0.4, 0.5) is 17.6 Å². The summed E-state index contributed by atoms with van der Waals surface area (Å²) in [6, 6.07) is 1.23. The fourth-order valence-corrected chi connectivity index (χ4v) is 2.75. The molecule has 0 saturated heterocycles. The van der Waals surface area contributed by atoms with Crippen LogP contribution in [0.15, 0.2) is 18.2 Å². The van der Waals surface area contributed by atoms with E-state index in [1.54, 1.807) is 0 Å². The van der Waals surface area contributed by atoms with Crippen LogP contribution in [0.3, 0.4) is 0 Å². The zero-order valence-corrected chi connectivity index (χ0v) is 10.8. The molecule has 1 aromatic carbocycles. The van der Waals surface area contributed by atoms with E-state index in [-0.39, 0.29) is 11.5 Å². The smallest absolute Gasteiger partial charge is 0.391 e. The minimum Gasteiger partial charge on any atom is -0.391 e.